The van der Waals surface area contributed by atoms with E-state index in [1.807, 2.05) is 32.1 Å². The zero-order chi connectivity index (χ0) is 9.66. The summed E-state index contributed by atoms with van der Waals surface area (Å²) in [6.07, 6.45) is 15.2. The Morgan fingerprint density at radius 2 is 1.08 bits per heavy atom. The Morgan fingerprint density at radius 3 is 1.15 bits per heavy atom. The Bertz CT molecular complexity index is 67.8. The zero-order valence-electron chi connectivity index (χ0n) is 7.35. The Hall–Kier alpha value is 0.428. The van der Waals surface area contributed by atoms with E-state index in [0.29, 0.717) is 0 Å². The fourth-order valence-corrected chi connectivity index (χ4v) is 0.417. The number of hydrogen-bond donors (Lipinski definition) is 0. The van der Waals surface area contributed by atoms with E-state index in [4.69, 9.17) is 4.65 Å². The molecule has 68 valence electrons. The molecule has 0 aliphatic heterocycles. The van der Waals surface area contributed by atoms with Crippen LogP contribution in [0.4, 0.5) is 0 Å². The van der Waals surface area contributed by atoms with E-state index in [1.54, 1.807) is 19.3 Å². The molecule has 0 atom stereocenters. The van der Waals surface area contributed by atoms with E-state index in [-0.39, 0.29) is 21.1 Å². The maximum absolute atomic E-state index is 7.50. The standard InChI is InChI=1S/C5H5.C5H7.CO.Mo/c1-2-4-5-3-1;1-3-5-4-2;1-2;/h1-5H;3-5H,1-2H2;;. The predicted molar refractivity (Wildman–Crippen MR) is 49.0 cm³/mol. The van der Waals surface area contributed by atoms with Crippen molar-refractivity contribution in [3.63, 3.8) is 0 Å². The van der Waals surface area contributed by atoms with Crippen LogP contribution in [0.3, 0.4) is 0 Å². The van der Waals surface area contributed by atoms with Crippen molar-refractivity contribution in [1.82, 2.24) is 0 Å². The first-order chi connectivity index (χ1) is 5.91. The summed E-state index contributed by atoms with van der Waals surface area (Å²) in [7, 11) is 0. The third kappa shape index (κ3) is 24.5. The largest absolute Gasteiger partial charge is 0.0496 e. The van der Waals surface area contributed by atoms with Gasteiger partial charge in [-0.3, -0.25) is 0 Å². The van der Waals surface area contributed by atoms with E-state index in [0.717, 1.165) is 0 Å². The zero-order valence-corrected chi connectivity index (χ0v) is 9.36. The number of rotatable bonds is 2. The van der Waals surface area contributed by atoms with Crippen LogP contribution in [0.15, 0.2) is 0 Å². The summed E-state index contributed by atoms with van der Waals surface area (Å²) in [5, 5.41) is 0. The van der Waals surface area contributed by atoms with Crippen LogP contribution >= 0.6 is 0 Å². The second-order valence-electron chi connectivity index (χ2n) is 1.63. The first kappa shape index (κ1) is 19.1. The molecule has 0 heterocycles. The molecule has 0 spiro atoms. The van der Waals surface area contributed by atoms with Gasteiger partial charge in [0.2, 0.25) is 0 Å². The molecule has 1 rings (SSSR count). The van der Waals surface area contributed by atoms with Crippen molar-refractivity contribution in [3.8, 4) is 0 Å². The monoisotopic (exact) mass is 258 g/mol. The van der Waals surface area contributed by atoms with Gasteiger partial charge in [0.15, 0.2) is 0 Å². The smallest absolute Gasteiger partial charge is 0 e. The molecule has 2 heteroatoms. The molecule has 1 fully saturated rings. The fourth-order valence-electron chi connectivity index (χ4n) is 0.417. The molecule has 1 aliphatic carbocycles. The molecule has 0 saturated heterocycles. The third-order valence-corrected chi connectivity index (χ3v) is 0.828. The SMILES string of the molecule is [C-]#[O+].[CH2][CH][CH][CH][CH2].[CH]1[CH][CH][CH][CH]1.[Mo]. The van der Waals surface area contributed by atoms with Crippen LogP contribution in [0.5, 0.6) is 0 Å². The molecule has 0 amide bonds. The van der Waals surface area contributed by atoms with Gasteiger partial charge in [0.05, 0.1) is 0 Å². The van der Waals surface area contributed by atoms with Crippen LogP contribution in [0.2, 0.25) is 0 Å². The molecule has 0 N–H and O–H groups in total. The number of hydrogen-bond acceptors (Lipinski definition) is 0. The minimum Gasteiger partial charge on any atom is -0.0496 e. The van der Waals surface area contributed by atoms with E-state index in [2.05, 4.69) is 20.5 Å². The molecular formula is C11H12MoO. The molecular weight excluding hydrogens is 244 g/mol. The molecule has 0 aromatic heterocycles. The van der Waals surface area contributed by atoms with Gasteiger partial charge in [-0.1, -0.05) is 0 Å². The van der Waals surface area contributed by atoms with E-state index in [9.17, 15) is 0 Å². The van der Waals surface area contributed by atoms with Gasteiger partial charge < -0.3 is 0 Å². The Morgan fingerprint density at radius 1 is 0.846 bits per heavy atom. The van der Waals surface area contributed by atoms with Crippen molar-refractivity contribution in [2.75, 3.05) is 0 Å². The Kier molecular flexibility index (Phi) is 33.5. The molecule has 0 aromatic rings. The van der Waals surface area contributed by atoms with Crippen molar-refractivity contribution in [2.45, 2.75) is 0 Å². The summed E-state index contributed by atoms with van der Waals surface area (Å²) in [5.41, 5.74) is 0. The van der Waals surface area contributed by atoms with Gasteiger partial charge in [0.1, 0.15) is 0 Å². The first-order valence-corrected chi connectivity index (χ1v) is 3.35. The van der Waals surface area contributed by atoms with Gasteiger partial charge in [-0.2, -0.15) is 0 Å². The Labute approximate surface area is 97.7 Å². The van der Waals surface area contributed by atoms with Crippen molar-refractivity contribution in [3.05, 3.63) is 71.9 Å². The molecule has 1 aliphatic rings. The minimum absolute atomic E-state index is 0. The number of unbranched alkanes of at least 4 members (excludes halogenated alkanes) is 2. The van der Waals surface area contributed by atoms with Crippen molar-refractivity contribution in [1.29, 1.82) is 0 Å². The summed E-state index contributed by atoms with van der Waals surface area (Å²) in [5.74, 6) is 0. The van der Waals surface area contributed by atoms with Gasteiger partial charge in [0.25, 0.3) is 0 Å². The average molecular weight is 256 g/mol. The summed E-state index contributed by atoms with van der Waals surface area (Å²) in [4.78, 5) is 0. The van der Waals surface area contributed by atoms with Crippen molar-refractivity contribution < 1.29 is 25.7 Å². The first-order valence-electron chi connectivity index (χ1n) is 3.35. The van der Waals surface area contributed by atoms with Crippen LogP contribution in [0.1, 0.15) is 0 Å². The van der Waals surface area contributed by atoms with Gasteiger partial charge in [-0.05, 0) is 65.2 Å². The molecule has 13 heavy (non-hydrogen) atoms. The molecule has 1 nitrogen and oxygen atoms in total. The van der Waals surface area contributed by atoms with Gasteiger partial charge in [0, 0.05) is 21.1 Å². The van der Waals surface area contributed by atoms with Crippen LogP contribution < -0.4 is 0 Å². The summed E-state index contributed by atoms with van der Waals surface area (Å²) < 4.78 is 7.50. The molecule has 0 aromatic carbocycles. The van der Waals surface area contributed by atoms with Crippen molar-refractivity contribution >= 4 is 0 Å². The molecule has 1 saturated carbocycles. The van der Waals surface area contributed by atoms with Gasteiger partial charge in [-0.15, -0.1) is 0 Å². The van der Waals surface area contributed by atoms with Crippen molar-refractivity contribution in [2.24, 2.45) is 0 Å². The maximum atomic E-state index is 7.50. The Balaban J connectivity index is -0.000000122. The van der Waals surface area contributed by atoms with Crippen LogP contribution in [0, 0.1) is 71.9 Å². The summed E-state index contributed by atoms with van der Waals surface area (Å²) in [6.45, 7) is 11.3. The maximum Gasteiger partial charge on any atom is 0 e. The predicted octanol–water partition coefficient (Wildman–Crippen LogP) is 2.25. The van der Waals surface area contributed by atoms with Crippen LogP contribution in [-0.2, 0) is 25.7 Å². The second kappa shape index (κ2) is 22.9. The molecule has 10 radical (unpaired) electrons. The second-order valence-corrected chi connectivity index (χ2v) is 1.63. The third-order valence-electron chi connectivity index (χ3n) is 0.828. The fraction of sp³-hybridized carbons (Fsp3) is 0. The van der Waals surface area contributed by atoms with Gasteiger partial charge in [-0.25, -0.2) is 0 Å². The molecule has 0 bridgehead atoms. The average Bonchev–Trinajstić information content (AvgIpc) is 2.67. The van der Waals surface area contributed by atoms with E-state index >= 15 is 0 Å². The normalized spacial score (nSPS) is 12.6. The van der Waals surface area contributed by atoms with Crippen LogP contribution in [0.25, 0.3) is 0 Å². The van der Waals surface area contributed by atoms with E-state index < -0.39 is 0 Å². The summed E-state index contributed by atoms with van der Waals surface area (Å²) >= 11 is 0. The minimum atomic E-state index is 0. The quantitative estimate of drug-likeness (QED) is 0.410. The summed E-state index contributed by atoms with van der Waals surface area (Å²) in [6, 6.07) is 0. The van der Waals surface area contributed by atoms with Crippen LogP contribution in [-0.4, -0.2) is 0 Å². The topological polar surface area (TPSA) is 19.9 Å². The molecule has 0 unspecified atom stereocenters. The van der Waals surface area contributed by atoms with Gasteiger partial charge >= 0.3 is 11.3 Å². The van der Waals surface area contributed by atoms with E-state index in [1.165, 1.54) is 0 Å².